The first-order valence-electron chi connectivity index (χ1n) is 4.86. The molecular formula is C9H17F3N2O2. The van der Waals surface area contributed by atoms with Gasteiger partial charge in [-0.3, -0.25) is 9.69 Å². The number of nitrogens with one attached hydrogen (secondary N) is 1. The highest BCUT2D eigenvalue weighted by Crippen LogP contribution is 2.15. The Kier molecular flexibility index (Phi) is 5.74. The molecule has 1 atom stereocenters. The van der Waals surface area contributed by atoms with Crippen LogP contribution in [0.1, 0.15) is 13.8 Å². The van der Waals surface area contributed by atoms with Crippen LogP contribution in [0.25, 0.3) is 0 Å². The predicted octanol–water partition coefficient (Wildman–Crippen LogP) is 0.932. The molecule has 0 radical (unpaired) electrons. The highest BCUT2D eigenvalue weighted by molar-refractivity contribution is 5.73. The molecular weight excluding hydrogens is 225 g/mol. The number of likely N-dealkylation sites (N-methyl/N-ethyl adjacent to an activating group) is 1. The Morgan fingerprint density at radius 3 is 2.25 bits per heavy atom. The molecule has 7 heteroatoms. The van der Waals surface area contributed by atoms with E-state index in [2.05, 4.69) is 5.32 Å². The Labute approximate surface area is 92.4 Å². The maximum absolute atomic E-state index is 12.0. The molecule has 96 valence electrons. The summed E-state index contributed by atoms with van der Waals surface area (Å²) in [5.41, 5.74) is 0. The summed E-state index contributed by atoms with van der Waals surface area (Å²) in [6.45, 7) is 2.17. The zero-order valence-electron chi connectivity index (χ0n) is 9.51. The van der Waals surface area contributed by atoms with Gasteiger partial charge in [-0.2, -0.15) is 13.2 Å². The molecule has 2 N–H and O–H groups in total. The average molecular weight is 242 g/mol. The van der Waals surface area contributed by atoms with Crippen molar-refractivity contribution in [1.82, 2.24) is 10.2 Å². The third-order valence-electron chi connectivity index (χ3n) is 1.78. The number of halogens is 3. The smallest absolute Gasteiger partial charge is 0.401 e. The third-order valence-corrected chi connectivity index (χ3v) is 1.78. The third kappa shape index (κ3) is 7.47. The molecule has 0 spiro atoms. The molecule has 1 unspecified atom stereocenters. The average Bonchev–Trinajstić information content (AvgIpc) is 1.97. The largest absolute Gasteiger partial charge is 0.480 e. The van der Waals surface area contributed by atoms with Crippen molar-refractivity contribution in [1.29, 1.82) is 0 Å². The van der Waals surface area contributed by atoms with E-state index in [-0.39, 0.29) is 12.6 Å². The van der Waals surface area contributed by atoms with E-state index in [1.165, 1.54) is 7.05 Å². The molecule has 0 fully saturated rings. The van der Waals surface area contributed by atoms with Gasteiger partial charge in [0.2, 0.25) is 0 Å². The summed E-state index contributed by atoms with van der Waals surface area (Å²) in [6, 6.07) is -1.09. The van der Waals surface area contributed by atoms with Crippen LogP contribution in [-0.4, -0.2) is 54.4 Å². The van der Waals surface area contributed by atoms with Crippen LogP contribution in [-0.2, 0) is 4.79 Å². The molecule has 0 aromatic carbocycles. The summed E-state index contributed by atoms with van der Waals surface area (Å²) in [4.78, 5) is 11.7. The van der Waals surface area contributed by atoms with Crippen LogP contribution in [0.5, 0.6) is 0 Å². The second-order valence-electron chi connectivity index (χ2n) is 4.02. The van der Waals surface area contributed by atoms with Crippen LogP contribution in [0.2, 0.25) is 0 Å². The summed E-state index contributed by atoms with van der Waals surface area (Å²) in [5, 5.41) is 11.5. The lowest BCUT2D eigenvalue weighted by Crippen LogP contribution is -2.49. The minimum absolute atomic E-state index is 0.0969. The highest BCUT2D eigenvalue weighted by atomic mass is 19.4. The first kappa shape index (κ1) is 15.2. The molecule has 16 heavy (non-hydrogen) atoms. The minimum Gasteiger partial charge on any atom is -0.480 e. The van der Waals surface area contributed by atoms with E-state index in [0.717, 1.165) is 4.90 Å². The fourth-order valence-electron chi connectivity index (χ4n) is 1.29. The zero-order chi connectivity index (χ0) is 12.9. The van der Waals surface area contributed by atoms with Gasteiger partial charge in [-0.1, -0.05) is 13.8 Å². The van der Waals surface area contributed by atoms with E-state index in [1.807, 2.05) is 0 Å². The lowest BCUT2D eigenvalue weighted by Gasteiger charge is -2.24. The summed E-state index contributed by atoms with van der Waals surface area (Å²) in [7, 11) is 1.24. The predicted molar refractivity (Wildman–Crippen MR) is 53.2 cm³/mol. The maximum atomic E-state index is 12.0. The van der Waals surface area contributed by atoms with Gasteiger partial charge in [0.15, 0.2) is 0 Å². The Bertz CT molecular complexity index is 231. The number of alkyl halides is 3. The number of hydrogen-bond donors (Lipinski definition) is 2. The van der Waals surface area contributed by atoms with Crippen LogP contribution >= 0.6 is 0 Å². The van der Waals surface area contributed by atoms with Crippen molar-refractivity contribution >= 4 is 5.97 Å². The molecule has 0 aromatic heterocycles. The molecule has 0 amide bonds. The van der Waals surface area contributed by atoms with E-state index < -0.39 is 24.7 Å². The summed E-state index contributed by atoms with van der Waals surface area (Å²) >= 11 is 0. The fraction of sp³-hybridized carbons (Fsp3) is 0.889. The molecule has 4 nitrogen and oxygen atoms in total. The fourth-order valence-corrected chi connectivity index (χ4v) is 1.29. The maximum Gasteiger partial charge on any atom is 0.401 e. The van der Waals surface area contributed by atoms with Crippen molar-refractivity contribution in [2.75, 3.05) is 20.1 Å². The first-order valence-corrected chi connectivity index (χ1v) is 4.86. The zero-order valence-corrected chi connectivity index (χ0v) is 9.51. The second kappa shape index (κ2) is 6.05. The van der Waals surface area contributed by atoms with Gasteiger partial charge < -0.3 is 10.4 Å². The Morgan fingerprint density at radius 2 is 1.94 bits per heavy atom. The van der Waals surface area contributed by atoms with Crippen LogP contribution < -0.4 is 5.32 Å². The van der Waals surface area contributed by atoms with Crippen molar-refractivity contribution in [2.24, 2.45) is 0 Å². The lowest BCUT2D eigenvalue weighted by molar-refractivity contribution is -0.149. The minimum atomic E-state index is -4.31. The summed E-state index contributed by atoms with van der Waals surface area (Å²) in [5.74, 6) is -1.15. The Hall–Kier alpha value is -0.820. The number of nitrogens with zero attached hydrogens (tertiary/aromatic N) is 1. The van der Waals surface area contributed by atoms with Crippen molar-refractivity contribution in [3.8, 4) is 0 Å². The molecule has 0 aliphatic heterocycles. The highest BCUT2D eigenvalue weighted by Gasteiger charge is 2.31. The van der Waals surface area contributed by atoms with Crippen molar-refractivity contribution in [2.45, 2.75) is 32.1 Å². The number of carboxylic acid groups (broad SMARTS) is 1. The van der Waals surface area contributed by atoms with Crippen LogP contribution in [0.4, 0.5) is 13.2 Å². The monoisotopic (exact) mass is 242 g/mol. The van der Waals surface area contributed by atoms with Gasteiger partial charge in [0, 0.05) is 12.6 Å². The Balaban J connectivity index is 4.24. The quantitative estimate of drug-likeness (QED) is 0.727. The van der Waals surface area contributed by atoms with Gasteiger partial charge >= 0.3 is 12.1 Å². The van der Waals surface area contributed by atoms with E-state index in [1.54, 1.807) is 13.8 Å². The summed E-state index contributed by atoms with van der Waals surface area (Å²) < 4.78 is 36.0. The molecule has 0 rings (SSSR count). The van der Waals surface area contributed by atoms with Crippen molar-refractivity contribution in [3.63, 3.8) is 0 Å². The van der Waals surface area contributed by atoms with Gasteiger partial charge in [-0.25, -0.2) is 0 Å². The van der Waals surface area contributed by atoms with Gasteiger partial charge in [0.1, 0.15) is 6.04 Å². The molecule has 0 heterocycles. The second-order valence-corrected chi connectivity index (χ2v) is 4.02. The number of hydrogen-bond acceptors (Lipinski definition) is 3. The summed E-state index contributed by atoms with van der Waals surface area (Å²) in [6.07, 6.45) is -4.31. The first-order chi connectivity index (χ1) is 7.11. The van der Waals surface area contributed by atoms with Crippen molar-refractivity contribution in [3.05, 3.63) is 0 Å². The molecule has 0 bridgehead atoms. The standard InChI is InChI=1S/C9H17F3N2O2/c1-6(2)13-7(8(15)16)4-14(3)5-9(10,11)12/h6-7,13H,4-5H2,1-3H3,(H,15,16). The van der Waals surface area contributed by atoms with Gasteiger partial charge in [0.25, 0.3) is 0 Å². The number of carbonyl (C=O) groups is 1. The molecule has 0 aliphatic rings. The SMILES string of the molecule is CC(C)NC(CN(C)CC(F)(F)F)C(=O)O. The van der Waals surface area contributed by atoms with E-state index in [9.17, 15) is 18.0 Å². The molecule has 0 saturated heterocycles. The van der Waals surface area contributed by atoms with Gasteiger partial charge in [-0.05, 0) is 7.05 Å². The van der Waals surface area contributed by atoms with E-state index >= 15 is 0 Å². The molecule has 0 saturated carbocycles. The van der Waals surface area contributed by atoms with Gasteiger partial charge in [-0.15, -0.1) is 0 Å². The number of aliphatic carboxylic acids is 1. The number of rotatable bonds is 6. The van der Waals surface area contributed by atoms with E-state index in [4.69, 9.17) is 5.11 Å². The topological polar surface area (TPSA) is 52.6 Å². The van der Waals surface area contributed by atoms with Crippen LogP contribution in [0, 0.1) is 0 Å². The lowest BCUT2D eigenvalue weighted by atomic mass is 10.2. The van der Waals surface area contributed by atoms with Crippen LogP contribution in [0.15, 0.2) is 0 Å². The van der Waals surface area contributed by atoms with E-state index in [0.29, 0.717) is 0 Å². The normalized spacial score (nSPS) is 14.5. The van der Waals surface area contributed by atoms with Crippen molar-refractivity contribution < 1.29 is 23.1 Å². The molecule has 0 aromatic rings. The van der Waals surface area contributed by atoms with Crippen LogP contribution in [0.3, 0.4) is 0 Å². The number of carboxylic acids is 1. The van der Waals surface area contributed by atoms with Gasteiger partial charge in [0.05, 0.1) is 6.54 Å². The Morgan fingerprint density at radius 1 is 1.44 bits per heavy atom. The molecule has 0 aliphatic carbocycles.